The van der Waals surface area contributed by atoms with Crippen LogP contribution in [0.25, 0.3) is 0 Å². The Morgan fingerprint density at radius 3 is 2.87 bits per heavy atom. The van der Waals surface area contributed by atoms with Gasteiger partial charge in [0.2, 0.25) is 0 Å². The monoisotopic (exact) mass is 312 g/mol. The zero-order valence-corrected chi connectivity index (χ0v) is 13.0. The molecule has 4 heterocycles. The molecule has 0 aromatic carbocycles. The lowest BCUT2D eigenvalue weighted by molar-refractivity contribution is 0.0921. The minimum Gasteiger partial charge on any atom is -0.355 e. The van der Waals surface area contributed by atoms with Gasteiger partial charge in [0.15, 0.2) is 11.5 Å². The molecule has 0 bridgehead atoms. The largest absolute Gasteiger partial charge is 0.355 e. The van der Waals surface area contributed by atoms with Crippen LogP contribution in [0, 0.1) is 0 Å². The molecule has 1 amide bonds. The van der Waals surface area contributed by atoms with Crippen LogP contribution in [-0.4, -0.2) is 44.8 Å². The van der Waals surface area contributed by atoms with E-state index in [9.17, 15) is 4.79 Å². The van der Waals surface area contributed by atoms with Gasteiger partial charge in [0.1, 0.15) is 5.82 Å². The molecular weight excluding hydrogens is 292 g/mol. The van der Waals surface area contributed by atoms with Gasteiger partial charge < -0.3 is 14.8 Å². The van der Waals surface area contributed by atoms with Crippen molar-refractivity contribution in [2.75, 3.05) is 18.0 Å². The Hall–Kier alpha value is -2.44. The molecule has 4 rings (SSSR count). The van der Waals surface area contributed by atoms with E-state index >= 15 is 0 Å². The van der Waals surface area contributed by atoms with Crippen LogP contribution in [0.4, 0.5) is 5.82 Å². The number of nitrogens with zero attached hydrogens (tertiary/aromatic N) is 5. The molecule has 2 aromatic heterocycles. The third-order valence-electron chi connectivity index (χ3n) is 4.58. The maximum Gasteiger partial charge on any atom is 0.272 e. The predicted octanol–water partition coefficient (Wildman–Crippen LogP) is 1.02. The summed E-state index contributed by atoms with van der Waals surface area (Å²) < 4.78 is 2.09. The minimum atomic E-state index is -0.154. The Morgan fingerprint density at radius 2 is 2.09 bits per heavy atom. The Morgan fingerprint density at radius 1 is 1.22 bits per heavy atom. The van der Waals surface area contributed by atoms with Crippen molar-refractivity contribution in [3.8, 4) is 0 Å². The van der Waals surface area contributed by atoms with Gasteiger partial charge in [0, 0.05) is 44.5 Å². The van der Waals surface area contributed by atoms with E-state index in [1.165, 1.54) is 12.8 Å². The molecule has 1 atom stereocenters. The number of fused-ring (bicyclic) bond motifs is 1. The van der Waals surface area contributed by atoms with Crippen molar-refractivity contribution in [1.29, 1.82) is 0 Å². The average molecular weight is 312 g/mol. The van der Waals surface area contributed by atoms with Crippen molar-refractivity contribution in [3.05, 3.63) is 36.0 Å². The Balaban J connectivity index is 1.39. The summed E-state index contributed by atoms with van der Waals surface area (Å²) in [5.41, 5.74) is 0.379. The van der Waals surface area contributed by atoms with E-state index in [0.29, 0.717) is 5.69 Å². The molecule has 0 radical (unpaired) electrons. The number of carbonyl (C=O) groups is 1. The Labute approximate surface area is 134 Å². The van der Waals surface area contributed by atoms with Gasteiger partial charge in [-0.3, -0.25) is 4.79 Å². The van der Waals surface area contributed by atoms with E-state index in [1.807, 2.05) is 18.5 Å². The van der Waals surface area contributed by atoms with Gasteiger partial charge in [-0.2, -0.15) is 0 Å². The molecule has 0 saturated carbocycles. The summed E-state index contributed by atoms with van der Waals surface area (Å²) in [5.74, 6) is 1.80. The van der Waals surface area contributed by atoms with E-state index in [-0.39, 0.29) is 11.9 Å². The van der Waals surface area contributed by atoms with Gasteiger partial charge >= 0.3 is 0 Å². The summed E-state index contributed by atoms with van der Waals surface area (Å²) in [4.78, 5) is 18.8. The van der Waals surface area contributed by atoms with Crippen LogP contribution < -0.4 is 10.2 Å². The van der Waals surface area contributed by atoms with Crippen molar-refractivity contribution in [1.82, 2.24) is 25.1 Å². The quantitative estimate of drug-likeness (QED) is 0.916. The van der Waals surface area contributed by atoms with Crippen LogP contribution in [0.3, 0.4) is 0 Å². The second-order valence-corrected chi connectivity index (χ2v) is 6.18. The number of carbonyl (C=O) groups excluding carboxylic acids is 1. The number of rotatable bonds is 3. The summed E-state index contributed by atoms with van der Waals surface area (Å²) >= 11 is 0. The SMILES string of the molecule is O=C(NC1CCc2nccn2C1)c1ccc(N2CCCC2)nn1. The van der Waals surface area contributed by atoms with Crippen LogP contribution in [0.1, 0.15) is 35.6 Å². The van der Waals surface area contributed by atoms with Crippen LogP contribution in [0.5, 0.6) is 0 Å². The lowest BCUT2D eigenvalue weighted by Crippen LogP contribution is -2.41. The summed E-state index contributed by atoms with van der Waals surface area (Å²) in [5, 5.41) is 11.4. The molecule has 7 heteroatoms. The van der Waals surface area contributed by atoms with Gasteiger partial charge in [-0.05, 0) is 31.4 Å². The summed E-state index contributed by atoms with van der Waals surface area (Å²) in [6.45, 7) is 2.81. The highest BCUT2D eigenvalue weighted by molar-refractivity contribution is 5.92. The first-order valence-electron chi connectivity index (χ1n) is 8.19. The van der Waals surface area contributed by atoms with Crippen molar-refractivity contribution in [2.24, 2.45) is 0 Å². The van der Waals surface area contributed by atoms with Crippen LogP contribution in [0.15, 0.2) is 24.5 Å². The van der Waals surface area contributed by atoms with Gasteiger partial charge in [0.05, 0.1) is 0 Å². The fourth-order valence-corrected chi connectivity index (χ4v) is 3.30. The highest BCUT2D eigenvalue weighted by Crippen LogP contribution is 2.17. The van der Waals surface area contributed by atoms with Gasteiger partial charge in [-0.1, -0.05) is 0 Å². The van der Waals surface area contributed by atoms with E-state index < -0.39 is 0 Å². The Bertz CT molecular complexity index is 689. The van der Waals surface area contributed by atoms with E-state index in [4.69, 9.17) is 0 Å². The topological polar surface area (TPSA) is 75.9 Å². The molecule has 23 heavy (non-hydrogen) atoms. The van der Waals surface area contributed by atoms with Crippen molar-refractivity contribution < 1.29 is 4.79 Å². The summed E-state index contributed by atoms with van der Waals surface area (Å²) in [6.07, 6.45) is 7.95. The smallest absolute Gasteiger partial charge is 0.272 e. The maximum atomic E-state index is 12.3. The fraction of sp³-hybridized carbons (Fsp3) is 0.500. The second kappa shape index (κ2) is 5.98. The van der Waals surface area contributed by atoms with Crippen LogP contribution in [-0.2, 0) is 13.0 Å². The highest BCUT2D eigenvalue weighted by Gasteiger charge is 2.22. The number of nitrogens with one attached hydrogen (secondary N) is 1. The lowest BCUT2D eigenvalue weighted by atomic mass is 10.1. The number of hydrogen-bond donors (Lipinski definition) is 1. The third-order valence-corrected chi connectivity index (χ3v) is 4.58. The van der Waals surface area contributed by atoms with Gasteiger partial charge in [0.25, 0.3) is 5.91 Å². The fourth-order valence-electron chi connectivity index (χ4n) is 3.30. The zero-order valence-electron chi connectivity index (χ0n) is 13.0. The first-order valence-corrected chi connectivity index (χ1v) is 8.19. The number of anilines is 1. The normalized spacial score (nSPS) is 20.3. The van der Waals surface area contributed by atoms with E-state index in [1.54, 1.807) is 6.07 Å². The standard InChI is InChI=1S/C16H20N6O/c23-16(18-12-3-5-14-17-7-10-22(14)11-12)13-4-6-15(20-19-13)21-8-1-2-9-21/h4,6-7,10,12H,1-3,5,8-9,11H2,(H,18,23). The molecule has 1 fully saturated rings. The number of imidazole rings is 1. The van der Waals surface area contributed by atoms with Crippen LogP contribution in [0.2, 0.25) is 0 Å². The van der Waals surface area contributed by atoms with Crippen molar-refractivity contribution >= 4 is 11.7 Å². The van der Waals surface area contributed by atoms with Crippen molar-refractivity contribution in [2.45, 2.75) is 38.3 Å². The molecule has 120 valence electrons. The summed E-state index contributed by atoms with van der Waals surface area (Å²) in [7, 11) is 0. The zero-order chi connectivity index (χ0) is 15.6. The van der Waals surface area contributed by atoms with Gasteiger partial charge in [-0.25, -0.2) is 4.98 Å². The molecule has 0 spiro atoms. The molecular formula is C16H20N6O. The highest BCUT2D eigenvalue weighted by atomic mass is 16.2. The van der Waals surface area contributed by atoms with Crippen molar-refractivity contribution in [3.63, 3.8) is 0 Å². The Kier molecular flexibility index (Phi) is 3.69. The van der Waals surface area contributed by atoms with Crippen LogP contribution >= 0.6 is 0 Å². The van der Waals surface area contributed by atoms with E-state index in [0.717, 1.165) is 44.1 Å². The predicted molar refractivity (Wildman–Crippen MR) is 85.3 cm³/mol. The molecule has 7 nitrogen and oxygen atoms in total. The molecule has 2 aromatic rings. The second-order valence-electron chi connectivity index (χ2n) is 6.18. The molecule has 2 aliphatic heterocycles. The first kappa shape index (κ1) is 14.2. The van der Waals surface area contributed by atoms with Gasteiger partial charge in [-0.15, -0.1) is 10.2 Å². The molecule has 1 unspecified atom stereocenters. The number of aromatic nitrogens is 4. The number of hydrogen-bond acceptors (Lipinski definition) is 5. The third kappa shape index (κ3) is 2.91. The molecule has 1 N–H and O–H groups in total. The van der Waals surface area contributed by atoms with E-state index in [2.05, 4.69) is 30.0 Å². The average Bonchev–Trinajstić information content (AvgIpc) is 3.26. The number of amides is 1. The molecule has 1 saturated heterocycles. The lowest BCUT2D eigenvalue weighted by Gasteiger charge is -2.24. The molecule has 0 aliphatic carbocycles. The number of aryl methyl sites for hydroxylation is 1. The maximum absolute atomic E-state index is 12.3. The molecule has 2 aliphatic rings. The minimum absolute atomic E-state index is 0.115. The first-order chi connectivity index (χ1) is 11.3. The summed E-state index contributed by atoms with van der Waals surface area (Å²) in [6, 6.07) is 3.77.